The second-order valence-corrected chi connectivity index (χ2v) is 7.12. The summed E-state index contributed by atoms with van der Waals surface area (Å²) in [5.41, 5.74) is 3.23. The zero-order valence-corrected chi connectivity index (χ0v) is 13.7. The fraction of sp³-hybridized carbons (Fsp3) is 0.667. The third-order valence-electron chi connectivity index (χ3n) is 5.69. The minimum Gasteiger partial charge on any atom is -0.383 e. The Kier molecular flexibility index (Phi) is 4.23. The normalized spacial score (nSPS) is 24.1. The highest BCUT2D eigenvalue weighted by Gasteiger charge is 2.40. The summed E-state index contributed by atoms with van der Waals surface area (Å²) < 4.78 is 0. The molecule has 1 fully saturated rings. The number of para-hydroxylation sites is 1. The van der Waals surface area contributed by atoms with Gasteiger partial charge in [-0.25, -0.2) is 0 Å². The van der Waals surface area contributed by atoms with Crippen LogP contribution in [0, 0.1) is 0 Å². The van der Waals surface area contributed by atoms with Gasteiger partial charge in [0, 0.05) is 30.4 Å². The van der Waals surface area contributed by atoms with Crippen LogP contribution in [0.1, 0.15) is 31.2 Å². The maximum atomic E-state index is 3.65. The predicted octanol–water partition coefficient (Wildman–Crippen LogP) is 2.83. The number of hydrogen-bond acceptors (Lipinski definition) is 3. The number of anilines is 1. The molecular formula is C18H29N3. The van der Waals surface area contributed by atoms with Crippen LogP contribution in [0.4, 0.5) is 5.69 Å². The van der Waals surface area contributed by atoms with E-state index in [1.54, 1.807) is 0 Å². The Morgan fingerprint density at radius 2 is 1.95 bits per heavy atom. The lowest BCUT2D eigenvalue weighted by molar-refractivity contribution is 0.0168. The molecule has 1 aliphatic heterocycles. The summed E-state index contributed by atoms with van der Waals surface area (Å²) >= 11 is 0. The van der Waals surface area contributed by atoms with Gasteiger partial charge >= 0.3 is 0 Å². The van der Waals surface area contributed by atoms with E-state index in [4.69, 9.17) is 0 Å². The first-order valence-corrected chi connectivity index (χ1v) is 8.30. The molecule has 0 radical (unpaired) electrons. The zero-order chi connectivity index (χ0) is 14.9. The first-order valence-electron chi connectivity index (χ1n) is 8.30. The number of likely N-dealkylation sites (N-methyl/N-ethyl adjacent to an activating group) is 2. The Hall–Kier alpha value is -1.06. The fourth-order valence-electron chi connectivity index (χ4n) is 3.86. The molecule has 0 spiro atoms. The van der Waals surface area contributed by atoms with Gasteiger partial charge in [-0.05, 0) is 64.9 Å². The number of benzene rings is 1. The molecule has 3 nitrogen and oxygen atoms in total. The molecule has 116 valence electrons. The van der Waals surface area contributed by atoms with Crippen molar-refractivity contribution in [2.24, 2.45) is 0 Å². The average molecular weight is 287 g/mol. The highest BCUT2D eigenvalue weighted by atomic mass is 15.2. The van der Waals surface area contributed by atoms with E-state index in [2.05, 4.69) is 60.5 Å². The van der Waals surface area contributed by atoms with E-state index in [0.717, 1.165) is 6.54 Å². The van der Waals surface area contributed by atoms with Gasteiger partial charge in [0.15, 0.2) is 0 Å². The Labute approximate surface area is 129 Å². The van der Waals surface area contributed by atoms with Crippen molar-refractivity contribution in [3.8, 4) is 0 Å². The van der Waals surface area contributed by atoms with E-state index in [1.165, 1.54) is 49.9 Å². The lowest BCUT2D eigenvalue weighted by atomic mass is 9.75. The fourth-order valence-corrected chi connectivity index (χ4v) is 3.86. The van der Waals surface area contributed by atoms with Crippen molar-refractivity contribution in [1.29, 1.82) is 0 Å². The molecule has 0 aromatic heterocycles. The molecule has 1 atom stereocenters. The summed E-state index contributed by atoms with van der Waals surface area (Å²) in [4.78, 5) is 5.05. The molecule has 2 aliphatic rings. The Balaban J connectivity index is 1.63. The van der Waals surface area contributed by atoms with Gasteiger partial charge in [0.05, 0.1) is 0 Å². The van der Waals surface area contributed by atoms with Crippen molar-refractivity contribution >= 4 is 5.69 Å². The number of aryl methyl sites for hydroxylation is 1. The second kappa shape index (κ2) is 5.98. The molecule has 3 heteroatoms. The average Bonchev–Trinajstić information content (AvgIpc) is 2.64. The molecule has 1 aromatic carbocycles. The molecule has 0 amide bonds. The number of nitrogens with one attached hydrogen (secondary N) is 1. The Morgan fingerprint density at radius 3 is 2.62 bits per heavy atom. The van der Waals surface area contributed by atoms with Crippen molar-refractivity contribution in [3.63, 3.8) is 0 Å². The molecule has 1 N–H and O–H groups in total. The molecule has 1 saturated carbocycles. The maximum Gasteiger partial charge on any atom is 0.0373 e. The molecule has 1 aliphatic carbocycles. The number of hydrogen-bond donors (Lipinski definition) is 1. The van der Waals surface area contributed by atoms with Gasteiger partial charge in [0.1, 0.15) is 0 Å². The minimum absolute atomic E-state index is 0.425. The summed E-state index contributed by atoms with van der Waals surface area (Å²) in [6, 6.07) is 9.39. The predicted molar refractivity (Wildman–Crippen MR) is 89.9 cm³/mol. The van der Waals surface area contributed by atoms with Crippen LogP contribution in [-0.4, -0.2) is 55.6 Å². The first kappa shape index (κ1) is 14.9. The van der Waals surface area contributed by atoms with Crippen LogP contribution in [0.25, 0.3) is 0 Å². The molecule has 1 aromatic rings. The van der Waals surface area contributed by atoms with Crippen LogP contribution in [0.3, 0.4) is 0 Å². The van der Waals surface area contributed by atoms with E-state index in [1.807, 2.05) is 0 Å². The minimum atomic E-state index is 0.425. The maximum absolute atomic E-state index is 3.65. The van der Waals surface area contributed by atoms with Gasteiger partial charge < -0.3 is 10.2 Å². The highest BCUT2D eigenvalue weighted by Crippen LogP contribution is 2.37. The van der Waals surface area contributed by atoms with Gasteiger partial charge in [0.25, 0.3) is 0 Å². The van der Waals surface area contributed by atoms with Crippen molar-refractivity contribution in [3.05, 3.63) is 29.8 Å². The molecule has 0 bridgehead atoms. The summed E-state index contributed by atoms with van der Waals surface area (Å²) in [7, 11) is 6.80. The van der Waals surface area contributed by atoms with Crippen LogP contribution in [0.5, 0.6) is 0 Å². The second-order valence-electron chi connectivity index (χ2n) is 7.12. The van der Waals surface area contributed by atoms with E-state index < -0.39 is 0 Å². The smallest absolute Gasteiger partial charge is 0.0373 e. The monoisotopic (exact) mass is 287 g/mol. The van der Waals surface area contributed by atoms with Crippen LogP contribution in [0.15, 0.2) is 24.3 Å². The SMILES string of the molecule is CN(CC1(N(C)C)CCC1)C1CCc2ccccc2NC1. The third-order valence-corrected chi connectivity index (χ3v) is 5.69. The molecular weight excluding hydrogens is 258 g/mol. The summed E-state index contributed by atoms with van der Waals surface area (Å²) in [6.07, 6.45) is 6.53. The largest absolute Gasteiger partial charge is 0.383 e. The van der Waals surface area contributed by atoms with Crippen LogP contribution < -0.4 is 5.32 Å². The number of nitrogens with zero attached hydrogens (tertiary/aromatic N) is 2. The zero-order valence-electron chi connectivity index (χ0n) is 13.7. The van der Waals surface area contributed by atoms with E-state index in [0.29, 0.717) is 11.6 Å². The lowest BCUT2D eigenvalue weighted by Crippen LogP contribution is -2.58. The van der Waals surface area contributed by atoms with Crippen LogP contribution >= 0.6 is 0 Å². The van der Waals surface area contributed by atoms with Crippen molar-refractivity contribution in [2.75, 3.05) is 39.5 Å². The molecule has 1 unspecified atom stereocenters. The van der Waals surface area contributed by atoms with Crippen LogP contribution in [-0.2, 0) is 6.42 Å². The first-order chi connectivity index (χ1) is 10.1. The molecule has 3 rings (SSSR count). The molecule has 0 saturated heterocycles. The van der Waals surface area contributed by atoms with Gasteiger partial charge in [-0.3, -0.25) is 4.90 Å². The third kappa shape index (κ3) is 2.95. The Morgan fingerprint density at radius 1 is 1.19 bits per heavy atom. The van der Waals surface area contributed by atoms with Crippen LogP contribution in [0.2, 0.25) is 0 Å². The highest BCUT2D eigenvalue weighted by molar-refractivity contribution is 5.52. The van der Waals surface area contributed by atoms with Crippen molar-refractivity contribution in [2.45, 2.75) is 43.7 Å². The van der Waals surface area contributed by atoms with Gasteiger partial charge in [-0.2, -0.15) is 0 Å². The molecule has 1 heterocycles. The summed E-state index contributed by atoms with van der Waals surface area (Å²) in [5, 5.41) is 3.65. The van der Waals surface area contributed by atoms with E-state index in [-0.39, 0.29) is 0 Å². The quantitative estimate of drug-likeness (QED) is 0.918. The summed E-state index contributed by atoms with van der Waals surface area (Å²) in [5.74, 6) is 0. The van der Waals surface area contributed by atoms with E-state index >= 15 is 0 Å². The van der Waals surface area contributed by atoms with Gasteiger partial charge in [-0.1, -0.05) is 18.2 Å². The van der Waals surface area contributed by atoms with Gasteiger partial charge in [0.2, 0.25) is 0 Å². The van der Waals surface area contributed by atoms with E-state index in [9.17, 15) is 0 Å². The summed E-state index contributed by atoms with van der Waals surface area (Å²) in [6.45, 7) is 2.26. The lowest BCUT2D eigenvalue weighted by Gasteiger charge is -2.50. The van der Waals surface area contributed by atoms with Gasteiger partial charge in [-0.15, -0.1) is 0 Å². The Bertz CT molecular complexity index is 452. The van der Waals surface area contributed by atoms with Crippen molar-refractivity contribution in [1.82, 2.24) is 9.80 Å². The van der Waals surface area contributed by atoms with Crippen molar-refractivity contribution < 1.29 is 0 Å². The standard InChI is InChI=1S/C18H29N3/c1-20(2)18(11-6-12-18)14-21(3)16-10-9-15-7-4-5-8-17(15)19-13-16/h4-5,7-8,16,19H,6,9-14H2,1-3H3. The number of fused-ring (bicyclic) bond motifs is 1. The number of rotatable bonds is 4. The molecule has 21 heavy (non-hydrogen) atoms. The topological polar surface area (TPSA) is 18.5 Å².